The lowest BCUT2D eigenvalue weighted by atomic mass is 9.95. The predicted octanol–water partition coefficient (Wildman–Crippen LogP) is 4.38. The van der Waals surface area contributed by atoms with Crippen LogP contribution in [0.25, 0.3) is 5.76 Å². The molecule has 162 valence electrons. The Kier molecular flexibility index (Phi) is 5.83. The molecule has 2 heterocycles. The number of rotatable bonds is 5. The van der Waals surface area contributed by atoms with E-state index in [1.54, 1.807) is 67.0 Å². The van der Waals surface area contributed by atoms with Gasteiger partial charge in [0.1, 0.15) is 22.8 Å². The number of aliphatic hydroxyl groups excluding tert-OH is 1. The fraction of sp³-hybridized carbons (Fsp3) is 0.125. The number of amides is 1. The summed E-state index contributed by atoms with van der Waals surface area (Å²) in [5, 5.41) is 11.8. The summed E-state index contributed by atoms with van der Waals surface area (Å²) in [5.74, 6) is -1.43. The Morgan fingerprint density at radius 1 is 1.00 bits per heavy atom. The van der Waals surface area contributed by atoms with Crippen molar-refractivity contribution >= 4 is 34.7 Å². The third kappa shape index (κ3) is 3.56. The molecule has 0 spiro atoms. The summed E-state index contributed by atoms with van der Waals surface area (Å²) in [6.45, 7) is 0. The van der Waals surface area contributed by atoms with Crippen LogP contribution in [0.5, 0.6) is 11.5 Å². The van der Waals surface area contributed by atoms with E-state index in [0.717, 1.165) is 0 Å². The van der Waals surface area contributed by atoms with Crippen molar-refractivity contribution < 1.29 is 24.2 Å². The Balaban J connectivity index is 2.01. The summed E-state index contributed by atoms with van der Waals surface area (Å²) in [4.78, 5) is 31.7. The van der Waals surface area contributed by atoms with Crippen molar-refractivity contribution in [3.63, 3.8) is 0 Å². The normalized spacial score (nSPS) is 17.5. The van der Waals surface area contributed by atoms with E-state index in [9.17, 15) is 14.7 Å². The molecule has 1 saturated heterocycles. The Bertz CT molecular complexity index is 1200. The van der Waals surface area contributed by atoms with Crippen molar-refractivity contribution in [1.29, 1.82) is 0 Å². The van der Waals surface area contributed by atoms with E-state index >= 15 is 0 Å². The molecule has 1 fully saturated rings. The molecule has 2 aromatic carbocycles. The molecule has 4 rings (SSSR count). The van der Waals surface area contributed by atoms with E-state index in [2.05, 4.69) is 4.98 Å². The maximum atomic E-state index is 13.2. The fourth-order valence-electron chi connectivity index (χ4n) is 3.81. The number of anilines is 1. The van der Waals surface area contributed by atoms with Gasteiger partial charge in [-0.15, -0.1) is 0 Å². The topological polar surface area (TPSA) is 89.0 Å². The number of ketones is 1. The predicted molar refractivity (Wildman–Crippen MR) is 120 cm³/mol. The molecule has 1 unspecified atom stereocenters. The van der Waals surface area contributed by atoms with Crippen LogP contribution in [0.1, 0.15) is 17.2 Å². The van der Waals surface area contributed by atoms with Crippen LogP contribution < -0.4 is 14.4 Å². The summed E-state index contributed by atoms with van der Waals surface area (Å²) in [7, 11) is 2.88. The first-order valence-corrected chi connectivity index (χ1v) is 10.0. The van der Waals surface area contributed by atoms with Crippen LogP contribution in [0.3, 0.4) is 0 Å². The number of ether oxygens (including phenoxy) is 2. The fourth-order valence-corrected chi connectivity index (χ4v) is 3.99. The highest BCUT2D eigenvalue weighted by atomic mass is 35.5. The molecule has 8 heteroatoms. The number of carbonyl (C=O) groups is 2. The summed E-state index contributed by atoms with van der Waals surface area (Å²) >= 11 is 6.15. The second-order valence-electron chi connectivity index (χ2n) is 6.97. The highest BCUT2D eigenvalue weighted by molar-refractivity contribution is 6.52. The first-order chi connectivity index (χ1) is 15.5. The van der Waals surface area contributed by atoms with Crippen molar-refractivity contribution in [1.82, 2.24) is 4.98 Å². The van der Waals surface area contributed by atoms with E-state index < -0.39 is 23.5 Å². The molecule has 32 heavy (non-hydrogen) atoms. The maximum absolute atomic E-state index is 13.2. The number of aromatic nitrogens is 1. The first kappa shape index (κ1) is 21.4. The molecule has 1 aliphatic rings. The Morgan fingerprint density at radius 3 is 2.22 bits per heavy atom. The molecule has 3 aromatic rings. The summed E-state index contributed by atoms with van der Waals surface area (Å²) in [6.07, 6.45) is 3.11. The summed E-state index contributed by atoms with van der Waals surface area (Å²) in [5.41, 5.74) is 1.10. The summed E-state index contributed by atoms with van der Waals surface area (Å²) in [6, 6.07) is 14.0. The van der Waals surface area contributed by atoms with Gasteiger partial charge in [0.2, 0.25) is 0 Å². The lowest BCUT2D eigenvalue weighted by Gasteiger charge is -2.25. The molecule has 1 aromatic heterocycles. The van der Waals surface area contributed by atoms with Gasteiger partial charge in [0.25, 0.3) is 11.7 Å². The molecule has 7 nitrogen and oxygen atoms in total. The Hall–Kier alpha value is -3.84. The molecular weight excluding hydrogens is 432 g/mol. The SMILES string of the molecule is COc1cccc(OC)c1/C(O)=C1\C(=O)C(=O)N(c2cccc(Cl)c2)C1c1ccncc1. The average Bonchev–Trinajstić information content (AvgIpc) is 3.09. The minimum Gasteiger partial charge on any atom is -0.506 e. The lowest BCUT2D eigenvalue weighted by molar-refractivity contribution is -0.132. The molecule has 0 radical (unpaired) electrons. The van der Waals surface area contributed by atoms with Crippen molar-refractivity contribution in [2.24, 2.45) is 0 Å². The van der Waals surface area contributed by atoms with Gasteiger partial charge in [-0.05, 0) is 48.0 Å². The van der Waals surface area contributed by atoms with Gasteiger partial charge in [-0.1, -0.05) is 23.7 Å². The number of benzene rings is 2. The summed E-state index contributed by atoms with van der Waals surface area (Å²) < 4.78 is 10.8. The number of hydrogen-bond donors (Lipinski definition) is 1. The van der Waals surface area contributed by atoms with Gasteiger partial charge in [0.15, 0.2) is 0 Å². The minimum atomic E-state index is -0.911. The molecule has 0 saturated carbocycles. The third-order valence-electron chi connectivity index (χ3n) is 5.22. The monoisotopic (exact) mass is 450 g/mol. The molecule has 0 bridgehead atoms. The number of aliphatic hydroxyl groups is 1. The standard InChI is InChI=1S/C24H19ClN2O5/c1-31-17-7-4-8-18(32-2)19(17)22(28)20-21(14-9-11-26-12-10-14)27(24(30)23(20)29)16-6-3-5-15(25)13-16/h3-13,21,28H,1-2H3/b22-20+. The van der Waals surface area contributed by atoms with Gasteiger partial charge in [-0.25, -0.2) is 0 Å². The highest BCUT2D eigenvalue weighted by Gasteiger charge is 2.47. The second kappa shape index (κ2) is 8.72. The second-order valence-corrected chi connectivity index (χ2v) is 7.40. The lowest BCUT2D eigenvalue weighted by Crippen LogP contribution is -2.29. The van der Waals surface area contributed by atoms with Gasteiger partial charge >= 0.3 is 0 Å². The van der Waals surface area contributed by atoms with Crippen LogP contribution in [-0.4, -0.2) is 36.0 Å². The van der Waals surface area contributed by atoms with Crippen LogP contribution in [-0.2, 0) is 9.59 Å². The largest absolute Gasteiger partial charge is 0.506 e. The van der Waals surface area contributed by atoms with Gasteiger partial charge in [-0.2, -0.15) is 0 Å². The van der Waals surface area contributed by atoms with Crippen molar-refractivity contribution in [2.45, 2.75) is 6.04 Å². The van der Waals surface area contributed by atoms with Gasteiger partial charge < -0.3 is 14.6 Å². The van der Waals surface area contributed by atoms with Gasteiger partial charge in [-0.3, -0.25) is 19.5 Å². The van der Waals surface area contributed by atoms with Gasteiger partial charge in [0, 0.05) is 23.1 Å². The third-order valence-corrected chi connectivity index (χ3v) is 5.45. The average molecular weight is 451 g/mol. The van der Waals surface area contributed by atoms with E-state index in [0.29, 0.717) is 27.8 Å². The molecule has 1 aliphatic heterocycles. The molecule has 1 atom stereocenters. The van der Waals surface area contributed by atoms with Crippen molar-refractivity contribution in [2.75, 3.05) is 19.1 Å². The zero-order valence-electron chi connectivity index (χ0n) is 17.3. The van der Waals surface area contributed by atoms with Crippen LogP contribution in [0.4, 0.5) is 5.69 Å². The van der Waals surface area contributed by atoms with Gasteiger partial charge in [0.05, 0.1) is 25.8 Å². The van der Waals surface area contributed by atoms with Crippen LogP contribution in [0.2, 0.25) is 5.02 Å². The number of Topliss-reactive ketones (excluding diaryl/α,β-unsaturated/α-hetero) is 1. The first-order valence-electron chi connectivity index (χ1n) is 9.65. The van der Waals surface area contributed by atoms with Crippen molar-refractivity contribution in [3.8, 4) is 11.5 Å². The Morgan fingerprint density at radius 2 is 1.62 bits per heavy atom. The quantitative estimate of drug-likeness (QED) is 0.352. The zero-order valence-corrected chi connectivity index (χ0v) is 18.0. The van der Waals surface area contributed by atoms with Crippen molar-refractivity contribution in [3.05, 3.63) is 88.7 Å². The van der Waals surface area contributed by atoms with E-state index in [4.69, 9.17) is 21.1 Å². The highest BCUT2D eigenvalue weighted by Crippen LogP contribution is 2.45. The van der Waals surface area contributed by atoms with E-state index in [1.165, 1.54) is 19.1 Å². The van der Waals surface area contributed by atoms with Crippen LogP contribution in [0, 0.1) is 0 Å². The molecule has 1 N–H and O–H groups in total. The molecular formula is C24H19ClN2O5. The minimum absolute atomic E-state index is 0.0935. The van der Waals surface area contributed by atoms with Crippen LogP contribution >= 0.6 is 11.6 Å². The number of halogens is 1. The van der Waals surface area contributed by atoms with E-state index in [1.807, 2.05) is 0 Å². The number of pyridine rings is 1. The zero-order chi connectivity index (χ0) is 22.8. The number of hydrogen-bond acceptors (Lipinski definition) is 6. The maximum Gasteiger partial charge on any atom is 0.300 e. The molecule has 1 amide bonds. The Labute approximate surface area is 189 Å². The van der Waals surface area contributed by atoms with E-state index in [-0.39, 0.29) is 11.1 Å². The smallest absolute Gasteiger partial charge is 0.300 e. The number of carbonyl (C=O) groups excluding carboxylic acids is 2. The van der Waals surface area contributed by atoms with Crippen LogP contribution in [0.15, 0.2) is 72.6 Å². The number of methoxy groups -OCH3 is 2. The molecule has 0 aliphatic carbocycles. The number of nitrogens with zero attached hydrogens (tertiary/aromatic N) is 2.